The van der Waals surface area contributed by atoms with Crippen molar-refractivity contribution >= 4 is 12.0 Å². The molecule has 1 fully saturated rings. The molecule has 0 aromatic carbocycles. The van der Waals surface area contributed by atoms with Gasteiger partial charge < -0.3 is 15.3 Å². The Kier molecular flexibility index (Phi) is 6.82. The molecule has 0 bridgehead atoms. The third kappa shape index (κ3) is 5.02. The van der Waals surface area contributed by atoms with Crippen LogP contribution in [-0.4, -0.2) is 41.1 Å². The van der Waals surface area contributed by atoms with Crippen molar-refractivity contribution in [2.75, 3.05) is 13.1 Å². The number of urea groups is 1. The van der Waals surface area contributed by atoms with E-state index in [1.807, 2.05) is 13.8 Å². The summed E-state index contributed by atoms with van der Waals surface area (Å²) in [5, 5.41) is 12.0. The first kappa shape index (κ1) is 16.8. The predicted molar refractivity (Wildman–Crippen MR) is 78.6 cm³/mol. The van der Waals surface area contributed by atoms with Gasteiger partial charge in [0.2, 0.25) is 0 Å². The number of aliphatic carboxylic acids is 1. The number of carbonyl (C=O) groups is 2. The SMILES string of the molecule is CCCCCCC(C)NC(=O)N1C[C@@H](C)[C@H](C(=O)O)C1. The van der Waals surface area contributed by atoms with Crippen molar-refractivity contribution in [3.05, 3.63) is 0 Å². The molecule has 1 rings (SSSR count). The molecule has 0 spiro atoms. The number of rotatable bonds is 7. The Bertz CT molecular complexity index is 333. The molecule has 2 N–H and O–H groups in total. The lowest BCUT2D eigenvalue weighted by molar-refractivity contribution is -0.142. The minimum Gasteiger partial charge on any atom is -0.481 e. The smallest absolute Gasteiger partial charge is 0.317 e. The van der Waals surface area contributed by atoms with Crippen LogP contribution in [0.1, 0.15) is 52.9 Å². The Hall–Kier alpha value is -1.26. The molecule has 0 saturated carbocycles. The molecule has 20 heavy (non-hydrogen) atoms. The lowest BCUT2D eigenvalue weighted by Gasteiger charge is -2.20. The highest BCUT2D eigenvalue weighted by Crippen LogP contribution is 2.23. The fourth-order valence-corrected chi connectivity index (χ4v) is 2.71. The summed E-state index contributed by atoms with van der Waals surface area (Å²) in [6.45, 7) is 6.94. The largest absolute Gasteiger partial charge is 0.481 e. The van der Waals surface area contributed by atoms with Crippen LogP contribution in [0.2, 0.25) is 0 Å². The summed E-state index contributed by atoms with van der Waals surface area (Å²) >= 11 is 0. The van der Waals surface area contributed by atoms with Crippen molar-refractivity contribution in [1.29, 1.82) is 0 Å². The molecule has 116 valence electrons. The highest BCUT2D eigenvalue weighted by atomic mass is 16.4. The second-order valence-electron chi connectivity index (χ2n) is 6.03. The van der Waals surface area contributed by atoms with E-state index in [1.54, 1.807) is 4.90 Å². The molecule has 2 amide bonds. The third-order valence-electron chi connectivity index (χ3n) is 4.08. The van der Waals surface area contributed by atoms with Crippen LogP contribution in [0.4, 0.5) is 4.79 Å². The van der Waals surface area contributed by atoms with E-state index in [4.69, 9.17) is 5.11 Å². The first-order valence-electron chi connectivity index (χ1n) is 7.74. The van der Waals surface area contributed by atoms with Gasteiger partial charge in [0.25, 0.3) is 0 Å². The quantitative estimate of drug-likeness (QED) is 0.706. The summed E-state index contributed by atoms with van der Waals surface area (Å²) in [4.78, 5) is 24.8. The van der Waals surface area contributed by atoms with E-state index < -0.39 is 11.9 Å². The van der Waals surface area contributed by atoms with Crippen LogP contribution >= 0.6 is 0 Å². The Morgan fingerprint density at radius 1 is 1.30 bits per heavy atom. The van der Waals surface area contributed by atoms with E-state index in [0.717, 1.165) is 12.8 Å². The molecular formula is C15H28N2O3. The van der Waals surface area contributed by atoms with Crippen LogP contribution in [0, 0.1) is 11.8 Å². The summed E-state index contributed by atoms with van der Waals surface area (Å²) in [5.41, 5.74) is 0. The van der Waals surface area contributed by atoms with Crippen LogP contribution < -0.4 is 5.32 Å². The average molecular weight is 284 g/mol. The zero-order valence-electron chi connectivity index (χ0n) is 12.9. The van der Waals surface area contributed by atoms with E-state index in [2.05, 4.69) is 12.2 Å². The van der Waals surface area contributed by atoms with Gasteiger partial charge in [-0.2, -0.15) is 0 Å². The lowest BCUT2D eigenvalue weighted by Crippen LogP contribution is -2.43. The van der Waals surface area contributed by atoms with Crippen molar-refractivity contribution in [1.82, 2.24) is 10.2 Å². The van der Waals surface area contributed by atoms with E-state index >= 15 is 0 Å². The monoisotopic (exact) mass is 284 g/mol. The molecule has 1 aliphatic heterocycles. The normalized spacial score (nSPS) is 23.6. The number of nitrogens with one attached hydrogen (secondary N) is 1. The van der Waals surface area contributed by atoms with Gasteiger partial charge in [-0.3, -0.25) is 4.79 Å². The molecule has 5 nitrogen and oxygen atoms in total. The van der Waals surface area contributed by atoms with Crippen molar-refractivity contribution in [2.45, 2.75) is 58.9 Å². The summed E-state index contributed by atoms with van der Waals surface area (Å²) in [7, 11) is 0. The van der Waals surface area contributed by atoms with Gasteiger partial charge in [-0.25, -0.2) is 4.79 Å². The van der Waals surface area contributed by atoms with Crippen molar-refractivity contribution < 1.29 is 14.7 Å². The molecule has 1 unspecified atom stereocenters. The summed E-state index contributed by atoms with van der Waals surface area (Å²) in [5.74, 6) is -1.21. The molecule has 1 saturated heterocycles. The predicted octanol–water partition coefficient (Wildman–Crippen LogP) is 2.71. The highest BCUT2D eigenvalue weighted by Gasteiger charge is 2.37. The van der Waals surface area contributed by atoms with Gasteiger partial charge in [-0.15, -0.1) is 0 Å². The van der Waals surface area contributed by atoms with Crippen LogP contribution in [0.3, 0.4) is 0 Å². The molecule has 0 aromatic heterocycles. The number of unbranched alkanes of at least 4 members (excludes halogenated alkanes) is 3. The van der Waals surface area contributed by atoms with Gasteiger partial charge in [0, 0.05) is 19.1 Å². The van der Waals surface area contributed by atoms with E-state index in [9.17, 15) is 9.59 Å². The molecule has 0 aromatic rings. The Balaban J connectivity index is 2.31. The van der Waals surface area contributed by atoms with Gasteiger partial charge in [0.05, 0.1) is 5.92 Å². The topological polar surface area (TPSA) is 69.6 Å². The second-order valence-corrected chi connectivity index (χ2v) is 6.03. The Morgan fingerprint density at radius 2 is 2.00 bits per heavy atom. The van der Waals surface area contributed by atoms with E-state index in [0.29, 0.717) is 13.1 Å². The van der Waals surface area contributed by atoms with E-state index in [1.165, 1.54) is 19.3 Å². The molecule has 5 heteroatoms. The summed E-state index contributed by atoms with van der Waals surface area (Å²) in [6.07, 6.45) is 5.77. The van der Waals surface area contributed by atoms with Gasteiger partial charge >= 0.3 is 12.0 Å². The van der Waals surface area contributed by atoms with E-state index in [-0.39, 0.29) is 18.0 Å². The zero-order chi connectivity index (χ0) is 15.1. The number of nitrogens with zero attached hydrogens (tertiary/aromatic N) is 1. The third-order valence-corrected chi connectivity index (χ3v) is 4.08. The number of carbonyl (C=O) groups excluding carboxylic acids is 1. The first-order chi connectivity index (χ1) is 9.45. The standard InChI is InChI=1S/C15H28N2O3/c1-4-5-6-7-8-12(3)16-15(20)17-9-11(2)13(10-17)14(18)19/h11-13H,4-10H2,1-3H3,(H,16,20)(H,18,19)/t11-,12?,13-/m1/s1. The Labute approximate surface area is 121 Å². The summed E-state index contributed by atoms with van der Waals surface area (Å²) in [6, 6.07) is 0.0298. The van der Waals surface area contributed by atoms with Crippen LogP contribution in [0.5, 0.6) is 0 Å². The number of hydrogen-bond acceptors (Lipinski definition) is 2. The first-order valence-corrected chi connectivity index (χ1v) is 7.74. The molecule has 3 atom stereocenters. The maximum atomic E-state index is 12.1. The molecule has 0 radical (unpaired) electrons. The average Bonchev–Trinajstić information content (AvgIpc) is 2.77. The molecule has 1 aliphatic rings. The minimum atomic E-state index is -0.805. The molecular weight excluding hydrogens is 256 g/mol. The number of likely N-dealkylation sites (tertiary alicyclic amines) is 1. The van der Waals surface area contributed by atoms with Crippen LogP contribution in [0.15, 0.2) is 0 Å². The number of amides is 2. The lowest BCUT2D eigenvalue weighted by atomic mass is 9.99. The number of hydrogen-bond donors (Lipinski definition) is 2. The van der Waals surface area contributed by atoms with Gasteiger partial charge in [-0.1, -0.05) is 39.5 Å². The maximum absolute atomic E-state index is 12.1. The van der Waals surface area contributed by atoms with Crippen molar-refractivity contribution in [3.63, 3.8) is 0 Å². The minimum absolute atomic E-state index is 0.0260. The summed E-state index contributed by atoms with van der Waals surface area (Å²) < 4.78 is 0. The van der Waals surface area contributed by atoms with Gasteiger partial charge in [0.1, 0.15) is 0 Å². The second kappa shape index (κ2) is 8.12. The molecule has 1 heterocycles. The van der Waals surface area contributed by atoms with Crippen molar-refractivity contribution in [3.8, 4) is 0 Å². The number of carboxylic acid groups (broad SMARTS) is 1. The zero-order valence-corrected chi connectivity index (χ0v) is 12.9. The Morgan fingerprint density at radius 3 is 2.55 bits per heavy atom. The fourth-order valence-electron chi connectivity index (χ4n) is 2.71. The maximum Gasteiger partial charge on any atom is 0.317 e. The van der Waals surface area contributed by atoms with Crippen LogP contribution in [0.25, 0.3) is 0 Å². The molecule has 0 aliphatic carbocycles. The number of carboxylic acids is 1. The fraction of sp³-hybridized carbons (Fsp3) is 0.867. The van der Waals surface area contributed by atoms with Crippen LogP contribution in [-0.2, 0) is 4.79 Å². The van der Waals surface area contributed by atoms with Gasteiger partial charge in [-0.05, 0) is 19.3 Å². The van der Waals surface area contributed by atoms with Gasteiger partial charge in [0.15, 0.2) is 0 Å². The van der Waals surface area contributed by atoms with Crippen molar-refractivity contribution in [2.24, 2.45) is 11.8 Å². The highest BCUT2D eigenvalue weighted by molar-refractivity contribution is 5.77.